The first-order chi connectivity index (χ1) is 16.1. The van der Waals surface area contributed by atoms with E-state index in [0.29, 0.717) is 11.4 Å². The maximum atomic E-state index is 12.8. The maximum absolute atomic E-state index is 12.8. The minimum atomic E-state index is -3.83. The zero-order valence-corrected chi connectivity index (χ0v) is 18.4. The molecule has 0 aliphatic rings. The van der Waals surface area contributed by atoms with Gasteiger partial charge in [-0.1, -0.05) is 53.7 Å². The van der Waals surface area contributed by atoms with Gasteiger partial charge in [-0.3, -0.25) is 9.71 Å². The molecule has 7 nitrogen and oxygen atoms in total. The van der Waals surface area contributed by atoms with Crippen LogP contribution in [0.2, 0.25) is 0 Å². The van der Waals surface area contributed by atoms with E-state index in [1.54, 1.807) is 37.6 Å². The molecule has 2 heterocycles. The van der Waals surface area contributed by atoms with Gasteiger partial charge >= 0.3 is 0 Å². The number of rotatable bonds is 6. The second kappa shape index (κ2) is 8.40. The van der Waals surface area contributed by atoms with Crippen molar-refractivity contribution in [3.05, 3.63) is 91.3 Å². The average molecular weight is 458 g/mol. The monoisotopic (exact) mass is 457 g/mol. The molecule has 0 saturated carbocycles. The van der Waals surface area contributed by atoms with Gasteiger partial charge in [0.15, 0.2) is 5.82 Å². The molecule has 0 radical (unpaired) electrons. The summed E-state index contributed by atoms with van der Waals surface area (Å²) in [5, 5.41) is 5.14. The number of para-hydroxylation sites is 1. The van der Waals surface area contributed by atoms with Crippen LogP contribution in [0.25, 0.3) is 33.2 Å². The number of pyridine rings is 1. The number of sulfonamides is 1. The van der Waals surface area contributed by atoms with Gasteiger partial charge in [-0.15, -0.1) is 0 Å². The number of benzene rings is 3. The molecule has 0 amide bonds. The number of hydrogen-bond donors (Lipinski definition) is 1. The molecule has 0 saturated heterocycles. The number of ether oxygens (including phenoxy) is 1. The van der Waals surface area contributed by atoms with Crippen LogP contribution in [0.15, 0.2) is 101 Å². The van der Waals surface area contributed by atoms with Gasteiger partial charge in [-0.2, -0.15) is 0 Å². The van der Waals surface area contributed by atoms with Gasteiger partial charge in [0.1, 0.15) is 12.0 Å². The Morgan fingerprint density at radius 3 is 2.48 bits per heavy atom. The molecule has 164 valence electrons. The molecule has 0 atom stereocenters. The van der Waals surface area contributed by atoms with E-state index in [-0.39, 0.29) is 10.7 Å². The third-order valence-electron chi connectivity index (χ3n) is 5.28. The summed E-state index contributed by atoms with van der Waals surface area (Å²) in [6.45, 7) is 0. The summed E-state index contributed by atoms with van der Waals surface area (Å²) >= 11 is 0. The summed E-state index contributed by atoms with van der Waals surface area (Å²) in [5.41, 5.74) is 3.51. The van der Waals surface area contributed by atoms with E-state index in [9.17, 15) is 8.42 Å². The van der Waals surface area contributed by atoms with E-state index < -0.39 is 10.0 Å². The van der Waals surface area contributed by atoms with E-state index in [4.69, 9.17) is 9.26 Å². The molecular formula is C25H19N3O4S. The third-order valence-corrected chi connectivity index (χ3v) is 6.63. The fourth-order valence-corrected chi connectivity index (χ4v) is 4.82. The molecule has 0 spiro atoms. The summed E-state index contributed by atoms with van der Waals surface area (Å²) < 4.78 is 38.5. The number of anilines is 1. The Morgan fingerprint density at radius 2 is 1.73 bits per heavy atom. The van der Waals surface area contributed by atoms with Crippen molar-refractivity contribution in [3.63, 3.8) is 0 Å². The van der Waals surface area contributed by atoms with Gasteiger partial charge in [-0.05, 0) is 35.2 Å². The lowest BCUT2D eigenvalue weighted by molar-refractivity contribution is 0.418. The smallest absolute Gasteiger partial charge is 0.263 e. The minimum Gasteiger partial charge on any atom is -0.495 e. The van der Waals surface area contributed by atoms with Crippen molar-refractivity contribution in [2.75, 3.05) is 11.8 Å². The van der Waals surface area contributed by atoms with Crippen LogP contribution in [0.4, 0.5) is 5.82 Å². The summed E-state index contributed by atoms with van der Waals surface area (Å²) in [7, 11) is -2.19. The van der Waals surface area contributed by atoms with E-state index in [1.807, 2.05) is 48.5 Å². The first-order valence-electron chi connectivity index (χ1n) is 10.1. The lowest BCUT2D eigenvalue weighted by atomic mass is 9.97. The molecule has 5 aromatic rings. The van der Waals surface area contributed by atoms with Crippen LogP contribution in [0.3, 0.4) is 0 Å². The fourth-order valence-electron chi connectivity index (χ4n) is 3.79. The topological polar surface area (TPSA) is 94.3 Å². The average Bonchev–Trinajstić information content (AvgIpc) is 3.35. The highest BCUT2D eigenvalue weighted by atomic mass is 32.2. The Kier molecular flexibility index (Phi) is 5.27. The Balaban J connectivity index is 1.62. The molecule has 1 N–H and O–H groups in total. The summed E-state index contributed by atoms with van der Waals surface area (Å²) in [6, 6.07) is 24.0. The van der Waals surface area contributed by atoms with Gasteiger partial charge in [0.2, 0.25) is 0 Å². The van der Waals surface area contributed by atoms with Crippen molar-refractivity contribution in [3.8, 4) is 28.1 Å². The largest absolute Gasteiger partial charge is 0.495 e. The molecular weight excluding hydrogens is 438 g/mol. The van der Waals surface area contributed by atoms with Gasteiger partial charge in [0.25, 0.3) is 10.0 Å². The van der Waals surface area contributed by atoms with Gasteiger partial charge in [-0.25, -0.2) is 8.42 Å². The second-order valence-electron chi connectivity index (χ2n) is 7.29. The molecule has 33 heavy (non-hydrogen) atoms. The zero-order chi connectivity index (χ0) is 22.8. The van der Waals surface area contributed by atoms with Crippen molar-refractivity contribution >= 4 is 26.6 Å². The highest BCUT2D eigenvalue weighted by Crippen LogP contribution is 2.40. The molecule has 0 fully saturated rings. The molecule has 0 bridgehead atoms. The number of fused-ring (bicyclic) bond motifs is 1. The van der Waals surface area contributed by atoms with E-state index >= 15 is 0 Å². The minimum absolute atomic E-state index is 0.111. The lowest BCUT2D eigenvalue weighted by Crippen LogP contribution is -2.13. The normalized spacial score (nSPS) is 11.4. The Hall–Kier alpha value is -4.17. The van der Waals surface area contributed by atoms with Crippen LogP contribution in [-0.2, 0) is 10.0 Å². The predicted molar refractivity (Wildman–Crippen MR) is 126 cm³/mol. The molecule has 2 aromatic heterocycles. The zero-order valence-electron chi connectivity index (χ0n) is 17.6. The summed E-state index contributed by atoms with van der Waals surface area (Å²) in [6.07, 6.45) is 2.96. The van der Waals surface area contributed by atoms with Gasteiger partial charge in [0.05, 0.1) is 17.7 Å². The van der Waals surface area contributed by atoms with Crippen molar-refractivity contribution in [2.24, 2.45) is 0 Å². The molecule has 0 unspecified atom stereocenters. The Bertz CT molecular complexity index is 1530. The predicted octanol–water partition coefficient (Wildman–Crippen LogP) is 5.37. The number of hydrogen-bond acceptors (Lipinski definition) is 6. The SMILES string of the molecule is COc1c(-c2ccccc2)cccc1-c1nccc2cc(S(=O)(=O)Nc3ccon3)ccc12. The summed E-state index contributed by atoms with van der Waals surface area (Å²) in [5.74, 6) is 0.820. The number of aromatic nitrogens is 2. The van der Waals surface area contributed by atoms with Crippen LogP contribution in [0, 0.1) is 0 Å². The van der Waals surface area contributed by atoms with Gasteiger partial charge in [0, 0.05) is 28.8 Å². The van der Waals surface area contributed by atoms with Crippen LogP contribution >= 0.6 is 0 Å². The first-order valence-corrected chi connectivity index (χ1v) is 11.6. The van der Waals surface area contributed by atoms with Crippen LogP contribution in [0.5, 0.6) is 5.75 Å². The Labute approximate surface area is 190 Å². The highest BCUT2D eigenvalue weighted by Gasteiger charge is 2.19. The van der Waals surface area contributed by atoms with E-state index in [1.165, 1.54) is 12.3 Å². The lowest BCUT2D eigenvalue weighted by Gasteiger charge is -2.15. The van der Waals surface area contributed by atoms with Crippen LogP contribution < -0.4 is 9.46 Å². The fraction of sp³-hybridized carbons (Fsp3) is 0.0400. The molecule has 8 heteroatoms. The van der Waals surface area contributed by atoms with Crippen molar-refractivity contribution in [1.82, 2.24) is 10.1 Å². The second-order valence-corrected chi connectivity index (χ2v) is 8.97. The summed E-state index contributed by atoms with van der Waals surface area (Å²) in [4.78, 5) is 4.72. The van der Waals surface area contributed by atoms with Gasteiger partial charge < -0.3 is 9.26 Å². The molecule has 0 aliphatic heterocycles. The van der Waals surface area contributed by atoms with Crippen molar-refractivity contribution in [1.29, 1.82) is 0 Å². The third kappa shape index (κ3) is 3.92. The van der Waals surface area contributed by atoms with Crippen molar-refractivity contribution in [2.45, 2.75) is 4.90 Å². The quantitative estimate of drug-likeness (QED) is 0.369. The number of nitrogens with zero attached hydrogens (tertiary/aromatic N) is 2. The van der Waals surface area contributed by atoms with Crippen LogP contribution in [0.1, 0.15) is 0 Å². The van der Waals surface area contributed by atoms with E-state index in [0.717, 1.165) is 27.5 Å². The molecule has 3 aromatic carbocycles. The van der Waals surface area contributed by atoms with E-state index in [2.05, 4.69) is 14.9 Å². The number of nitrogens with one attached hydrogen (secondary N) is 1. The molecule has 0 aliphatic carbocycles. The maximum Gasteiger partial charge on any atom is 0.263 e. The number of methoxy groups -OCH3 is 1. The standard InChI is InChI=1S/C25H19N3O4S/c1-31-25-21(17-6-3-2-4-7-17)8-5-9-22(25)24-20-11-10-19(16-18(20)12-14-26-24)33(29,30)28-23-13-15-32-27-23/h2-16H,1H3,(H,27,28). The first kappa shape index (κ1) is 20.7. The van der Waals surface area contributed by atoms with Crippen LogP contribution in [-0.4, -0.2) is 25.7 Å². The highest BCUT2D eigenvalue weighted by molar-refractivity contribution is 7.92. The molecule has 5 rings (SSSR count). The Morgan fingerprint density at radius 1 is 0.909 bits per heavy atom. The van der Waals surface area contributed by atoms with Crippen molar-refractivity contribution < 1.29 is 17.7 Å².